The third-order valence-electron chi connectivity index (χ3n) is 5.61. The summed E-state index contributed by atoms with van der Waals surface area (Å²) in [5, 5.41) is 8.88. The van der Waals surface area contributed by atoms with Crippen molar-refractivity contribution in [2.24, 2.45) is 0 Å². The number of aryl methyl sites for hydroxylation is 1. The van der Waals surface area contributed by atoms with E-state index in [1.165, 1.54) is 16.9 Å². The van der Waals surface area contributed by atoms with Gasteiger partial charge in [-0.2, -0.15) is 4.98 Å². The predicted molar refractivity (Wildman–Crippen MR) is 131 cm³/mol. The van der Waals surface area contributed by atoms with Crippen LogP contribution >= 0.6 is 22.7 Å². The summed E-state index contributed by atoms with van der Waals surface area (Å²) in [5.74, 6) is 2.16. The number of hydrogen-bond acceptors (Lipinski definition) is 9. The topological polar surface area (TPSA) is 84.6 Å². The van der Waals surface area contributed by atoms with Crippen molar-refractivity contribution in [3.8, 4) is 16.5 Å². The third-order valence-corrected chi connectivity index (χ3v) is 7.35. The molecule has 0 bridgehead atoms. The Morgan fingerprint density at radius 2 is 1.91 bits per heavy atom. The summed E-state index contributed by atoms with van der Waals surface area (Å²) in [6, 6.07) is 11.9. The number of piperazine rings is 1. The molecule has 0 saturated carbocycles. The van der Waals surface area contributed by atoms with Crippen LogP contribution in [0.5, 0.6) is 5.75 Å². The Morgan fingerprint density at radius 1 is 1.09 bits per heavy atom. The standard InChI is InChI=1S/C24H25N5O3S2/c1-17-4-6-19(7-5-17)31-15-22-25-18(16-34-22)13-23(30)29-10-8-28(9-11-29)14-21-26-24(27-32-21)20-3-2-12-33-20/h2-7,12,16H,8-11,13-15H2,1H3. The van der Waals surface area contributed by atoms with Crippen LogP contribution in [0.2, 0.25) is 0 Å². The van der Waals surface area contributed by atoms with Crippen molar-refractivity contribution in [2.45, 2.75) is 26.5 Å². The Hall–Kier alpha value is -3.08. The van der Waals surface area contributed by atoms with E-state index in [0.717, 1.165) is 34.4 Å². The average Bonchev–Trinajstić information content (AvgIpc) is 3.62. The molecule has 1 fully saturated rings. The fourth-order valence-electron chi connectivity index (χ4n) is 3.71. The number of ether oxygens (including phenoxy) is 1. The van der Waals surface area contributed by atoms with Gasteiger partial charge in [-0.05, 0) is 30.5 Å². The molecule has 176 valence electrons. The summed E-state index contributed by atoms with van der Waals surface area (Å²) in [7, 11) is 0. The van der Waals surface area contributed by atoms with Crippen molar-refractivity contribution in [1.29, 1.82) is 0 Å². The van der Waals surface area contributed by atoms with Crippen LogP contribution in [0.3, 0.4) is 0 Å². The van der Waals surface area contributed by atoms with Crippen molar-refractivity contribution in [1.82, 2.24) is 24.9 Å². The lowest BCUT2D eigenvalue weighted by atomic mass is 10.2. The number of amides is 1. The fraction of sp³-hybridized carbons (Fsp3) is 0.333. The van der Waals surface area contributed by atoms with E-state index in [1.54, 1.807) is 11.3 Å². The second kappa shape index (κ2) is 10.5. The molecule has 5 rings (SSSR count). The maximum Gasteiger partial charge on any atom is 0.241 e. The molecule has 34 heavy (non-hydrogen) atoms. The Labute approximate surface area is 205 Å². The van der Waals surface area contributed by atoms with Crippen LogP contribution in [0.25, 0.3) is 10.7 Å². The van der Waals surface area contributed by atoms with Gasteiger partial charge in [0.05, 0.1) is 23.5 Å². The zero-order chi connectivity index (χ0) is 23.3. The maximum absolute atomic E-state index is 12.8. The van der Waals surface area contributed by atoms with E-state index in [9.17, 15) is 4.79 Å². The normalized spacial score (nSPS) is 14.4. The first-order valence-electron chi connectivity index (χ1n) is 11.1. The molecule has 1 aliphatic rings. The van der Waals surface area contributed by atoms with Crippen LogP contribution in [-0.2, 0) is 24.4 Å². The van der Waals surface area contributed by atoms with Gasteiger partial charge < -0.3 is 14.2 Å². The lowest BCUT2D eigenvalue weighted by Gasteiger charge is -2.33. The highest BCUT2D eigenvalue weighted by Crippen LogP contribution is 2.22. The molecule has 1 aliphatic heterocycles. The van der Waals surface area contributed by atoms with Gasteiger partial charge in [0.25, 0.3) is 0 Å². The summed E-state index contributed by atoms with van der Waals surface area (Å²) in [6.45, 7) is 5.95. The molecule has 10 heteroatoms. The van der Waals surface area contributed by atoms with E-state index in [2.05, 4.69) is 20.0 Å². The van der Waals surface area contributed by atoms with Gasteiger partial charge in [-0.15, -0.1) is 22.7 Å². The first-order chi connectivity index (χ1) is 16.6. The lowest BCUT2D eigenvalue weighted by molar-refractivity contribution is -0.132. The van der Waals surface area contributed by atoms with Gasteiger partial charge in [0.1, 0.15) is 17.4 Å². The third kappa shape index (κ3) is 5.69. The summed E-state index contributed by atoms with van der Waals surface area (Å²) in [5.41, 5.74) is 1.99. The largest absolute Gasteiger partial charge is 0.486 e. The smallest absolute Gasteiger partial charge is 0.241 e. The molecule has 1 aromatic carbocycles. The van der Waals surface area contributed by atoms with Crippen molar-refractivity contribution >= 4 is 28.6 Å². The first kappa shape index (κ1) is 22.7. The van der Waals surface area contributed by atoms with Crippen molar-refractivity contribution in [2.75, 3.05) is 26.2 Å². The highest BCUT2D eigenvalue weighted by molar-refractivity contribution is 7.13. The molecule has 0 atom stereocenters. The van der Waals surface area contributed by atoms with E-state index in [-0.39, 0.29) is 5.91 Å². The van der Waals surface area contributed by atoms with Crippen molar-refractivity contribution in [3.05, 3.63) is 69.3 Å². The summed E-state index contributed by atoms with van der Waals surface area (Å²) in [4.78, 5) is 27.0. The number of carbonyl (C=O) groups is 1. The molecule has 0 unspecified atom stereocenters. The second-order valence-electron chi connectivity index (χ2n) is 8.16. The van der Waals surface area contributed by atoms with Gasteiger partial charge in [0.15, 0.2) is 0 Å². The summed E-state index contributed by atoms with van der Waals surface area (Å²) < 4.78 is 11.2. The van der Waals surface area contributed by atoms with E-state index in [0.29, 0.717) is 44.4 Å². The molecule has 4 heterocycles. The zero-order valence-corrected chi connectivity index (χ0v) is 20.5. The predicted octanol–water partition coefficient (Wildman–Crippen LogP) is 4.03. The fourth-order valence-corrected chi connectivity index (χ4v) is 5.07. The molecule has 3 aromatic heterocycles. The number of aromatic nitrogens is 3. The minimum Gasteiger partial charge on any atom is -0.486 e. The van der Waals surface area contributed by atoms with Crippen molar-refractivity contribution in [3.63, 3.8) is 0 Å². The number of benzene rings is 1. The maximum atomic E-state index is 12.8. The quantitative estimate of drug-likeness (QED) is 0.365. The Morgan fingerprint density at radius 3 is 2.68 bits per heavy atom. The summed E-state index contributed by atoms with van der Waals surface area (Å²) in [6.07, 6.45) is 0.314. The Balaban J connectivity index is 1.06. The first-order valence-corrected chi connectivity index (χ1v) is 12.9. The highest BCUT2D eigenvalue weighted by atomic mass is 32.1. The Kier molecular flexibility index (Phi) is 6.98. The van der Waals surface area contributed by atoms with Gasteiger partial charge in [0.2, 0.25) is 17.6 Å². The highest BCUT2D eigenvalue weighted by Gasteiger charge is 2.23. The second-order valence-corrected chi connectivity index (χ2v) is 10.0. The van der Waals surface area contributed by atoms with Crippen LogP contribution in [-0.4, -0.2) is 57.0 Å². The van der Waals surface area contributed by atoms with Gasteiger partial charge in [-0.3, -0.25) is 9.69 Å². The molecule has 0 radical (unpaired) electrons. The number of carbonyl (C=O) groups excluding carboxylic acids is 1. The number of nitrogens with zero attached hydrogens (tertiary/aromatic N) is 5. The number of thiophene rings is 1. The molecule has 1 amide bonds. The molecular formula is C24H25N5O3S2. The van der Waals surface area contributed by atoms with E-state index in [1.807, 2.05) is 59.0 Å². The molecule has 8 nitrogen and oxygen atoms in total. The minimum absolute atomic E-state index is 0.105. The van der Waals surface area contributed by atoms with Crippen molar-refractivity contribution < 1.29 is 14.1 Å². The molecule has 1 saturated heterocycles. The van der Waals surface area contributed by atoms with Crippen LogP contribution in [0.15, 0.2) is 51.7 Å². The monoisotopic (exact) mass is 495 g/mol. The molecule has 0 N–H and O–H groups in total. The van der Waals surface area contributed by atoms with E-state index < -0.39 is 0 Å². The molecule has 4 aromatic rings. The van der Waals surface area contributed by atoms with E-state index in [4.69, 9.17) is 9.26 Å². The molecule has 0 aliphatic carbocycles. The number of hydrogen-bond donors (Lipinski definition) is 0. The zero-order valence-electron chi connectivity index (χ0n) is 18.8. The van der Waals surface area contributed by atoms with Crippen LogP contribution < -0.4 is 4.74 Å². The number of rotatable bonds is 8. The lowest BCUT2D eigenvalue weighted by Crippen LogP contribution is -2.48. The van der Waals surface area contributed by atoms with Gasteiger partial charge >= 0.3 is 0 Å². The van der Waals surface area contributed by atoms with Gasteiger partial charge in [-0.25, -0.2) is 4.98 Å². The van der Waals surface area contributed by atoms with Crippen LogP contribution in [0.4, 0.5) is 0 Å². The minimum atomic E-state index is 0.105. The van der Waals surface area contributed by atoms with E-state index >= 15 is 0 Å². The SMILES string of the molecule is Cc1ccc(OCc2nc(CC(=O)N3CCN(Cc4nc(-c5cccs5)no4)CC3)cs2)cc1. The molecular weight excluding hydrogens is 470 g/mol. The van der Waals surface area contributed by atoms with Crippen LogP contribution in [0, 0.1) is 6.92 Å². The average molecular weight is 496 g/mol. The van der Waals surface area contributed by atoms with Gasteiger partial charge in [-0.1, -0.05) is 28.9 Å². The van der Waals surface area contributed by atoms with Gasteiger partial charge in [0, 0.05) is 31.6 Å². The van der Waals surface area contributed by atoms with Crippen LogP contribution in [0.1, 0.15) is 22.2 Å². The Bertz CT molecular complexity index is 1210. The molecule has 0 spiro atoms. The number of thiazole rings is 1. The summed E-state index contributed by atoms with van der Waals surface area (Å²) >= 11 is 3.11.